The molecule has 6 radical (unpaired) electrons. The Hall–Kier alpha value is -1.97. The molecule has 17 heteroatoms. The van der Waals surface area contributed by atoms with E-state index in [1.54, 1.807) is 30.0 Å². The first-order chi connectivity index (χ1) is 17.3. The minimum atomic E-state index is -2.32. The number of benzene rings is 1. The molecule has 2 amide bonds. The molecule has 194 valence electrons. The summed E-state index contributed by atoms with van der Waals surface area (Å²) in [6.07, 6.45) is -0.315. The molecule has 2 N–H and O–H groups in total. The van der Waals surface area contributed by atoms with Crippen molar-refractivity contribution in [3.05, 3.63) is 36.4 Å². The monoisotopic (exact) mass is 586 g/mol. The van der Waals surface area contributed by atoms with Gasteiger partial charge in [-0.2, -0.15) is 11.8 Å². The van der Waals surface area contributed by atoms with Crippen LogP contribution < -0.4 is 10.6 Å². The molecule has 12 nitrogen and oxygen atoms in total. The highest BCUT2D eigenvalue weighted by molar-refractivity contribution is 7.99. The molecule has 1 heterocycles. The Morgan fingerprint density at radius 1 is 1.00 bits per heavy atom. The van der Waals surface area contributed by atoms with E-state index in [2.05, 4.69) is 17.2 Å². The lowest BCUT2D eigenvalue weighted by atomic mass is 10.2. The molecule has 0 aromatic heterocycles. The summed E-state index contributed by atoms with van der Waals surface area (Å²) in [5.41, 5.74) is 1.67. The van der Waals surface area contributed by atoms with Crippen molar-refractivity contribution in [2.75, 3.05) is 42.0 Å². The summed E-state index contributed by atoms with van der Waals surface area (Å²) >= 11 is 1.63. The number of rotatable bonds is 12. The third-order valence-electron chi connectivity index (χ3n) is 4.29. The van der Waals surface area contributed by atoms with Crippen LogP contribution in [0, 0.1) is 6.92 Å². The van der Waals surface area contributed by atoms with Gasteiger partial charge in [0, 0.05) is 23.2 Å². The van der Waals surface area contributed by atoms with E-state index in [9.17, 15) is 14.4 Å². The third kappa shape index (κ3) is 12.3. The van der Waals surface area contributed by atoms with Crippen molar-refractivity contribution in [2.24, 2.45) is 0 Å². The molecule has 1 aromatic carbocycles. The lowest BCUT2D eigenvalue weighted by molar-refractivity contribution is -0.138. The van der Waals surface area contributed by atoms with E-state index < -0.39 is 26.7 Å². The fourth-order valence-electron chi connectivity index (χ4n) is 2.42. The average molecular weight is 587 g/mol. The lowest BCUT2D eigenvalue weighted by Crippen LogP contribution is -2.45. The number of carbonyl (C=O) groups is 3. The molecule has 36 heavy (non-hydrogen) atoms. The summed E-state index contributed by atoms with van der Waals surface area (Å²) in [5, 5.41) is 5.21. The summed E-state index contributed by atoms with van der Waals surface area (Å²) < 4.78 is 36.8. The van der Waals surface area contributed by atoms with Crippen LogP contribution in [0.3, 0.4) is 0 Å². The van der Waals surface area contributed by atoms with E-state index >= 15 is 0 Å². The third-order valence-corrected chi connectivity index (χ3v) is 12.2. The van der Waals surface area contributed by atoms with Gasteiger partial charge < -0.3 is 30.7 Å². The van der Waals surface area contributed by atoms with Crippen LogP contribution in [0.25, 0.3) is 0 Å². The van der Waals surface area contributed by atoms with E-state index in [1.807, 2.05) is 13.5 Å². The minimum absolute atomic E-state index is 0.0519. The highest BCUT2D eigenvalue weighted by Crippen LogP contribution is 2.21. The maximum Gasteiger partial charge on any atom is 0.413 e. The van der Waals surface area contributed by atoms with Gasteiger partial charge in [0.2, 0.25) is 0 Å². The Morgan fingerprint density at radius 3 is 2.39 bits per heavy atom. The Bertz CT molecular complexity index is 890. The molecular formula is C19H26N2O10SSi4. The van der Waals surface area contributed by atoms with Crippen molar-refractivity contribution < 1.29 is 45.1 Å². The summed E-state index contributed by atoms with van der Waals surface area (Å²) in [5.74, 6) is 0.812. The fraction of sp³-hybridized carbons (Fsp3) is 0.421. The summed E-state index contributed by atoms with van der Waals surface area (Å²) in [6, 6.07) is 5.74. The smallest absolute Gasteiger partial charge is 0.413 e. The van der Waals surface area contributed by atoms with Gasteiger partial charge in [-0.05, 0) is 43.0 Å². The molecule has 2 rings (SSSR count). The van der Waals surface area contributed by atoms with Gasteiger partial charge >= 0.3 is 56.7 Å². The van der Waals surface area contributed by atoms with Gasteiger partial charge in [-0.15, -0.1) is 0 Å². The second-order valence-corrected chi connectivity index (χ2v) is 14.8. The lowest BCUT2D eigenvalue weighted by Gasteiger charge is -2.27. The molecule has 0 spiro atoms. The van der Waals surface area contributed by atoms with Crippen LogP contribution in [0.5, 0.6) is 0 Å². The Labute approximate surface area is 222 Å². The van der Waals surface area contributed by atoms with Crippen molar-refractivity contribution >= 4 is 79.9 Å². The molecule has 1 aliphatic rings. The Kier molecular flexibility index (Phi) is 14.0. The first-order valence-corrected chi connectivity index (χ1v) is 16.7. The van der Waals surface area contributed by atoms with Crippen LogP contribution in [0.1, 0.15) is 5.56 Å². The van der Waals surface area contributed by atoms with Crippen LogP contribution in [0.4, 0.5) is 21.0 Å². The zero-order valence-corrected chi connectivity index (χ0v) is 24.6. The average Bonchev–Trinajstić information content (AvgIpc) is 2.83. The van der Waals surface area contributed by atoms with Gasteiger partial charge in [-0.25, -0.2) is 14.4 Å². The standard InChI is InChI=1S/C19H26N2O10SSi4/c1-4-17(22)25-7-8-26-18(23)20-15-6-5-14(2)16(13-15)21-19(24)27-9-10-32-11-12-36(3)30-34-28-33-29-35-31-36/h4-6,13H,1,7-12H2,2-3H3,(H,20,23)(H,21,24). The van der Waals surface area contributed by atoms with Crippen molar-refractivity contribution in [2.45, 2.75) is 19.5 Å². The number of carbonyl (C=O) groups excluding carboxylic acids is 3. The second kappa shape index (κ2) is 16.7. The molecule has 1 aliphatic heterocycles. The van der Waals surface area contributed by atoms with Crippen molar-refractivity contribution in [3.63, 3.8) is 0 Å². The first kappa shape index (κ1) is 30.3. The number of thioether (sulfide) groups is 1. The van der Waals surface area contributed by atoms with Crippen LogP contribution in [0.2, 0.25) is 12.6 Å². The van der Waals surface area contributed by atoms with Gasteiger partial charge in [0.25, 0.3) is 0 Å². The predicted octanol–water partition coefficient (Wildman–Crippen LogP) is 2.31. The fourth-order valence-corrected chi connectivity index (χ4v) is 9.55. The van der Waals surface area contributed by atoms with Crippen molar-refractivity contribution in [1.29, 1.82) is 0 Å². The van der Waals surface area contributed by atoms with Crippen molar-refractivity contribution in [3.8, 4) is 0 Å². The molecule has 0 atom stereocenters. The second-order valence-electron chi connectivity index (χ2n) is 7.08. The van der Waals surface area contributed by atoms with Crippen LogP contribution in [-0.4, -0.2) is 88.1 Å². The van der Waals surface area contributed by atoms with Gasteiger partial charge in [0.1, 0.15) is 19.8 Å². The van der Waals surface area contributed by atoms with Gasteiger partial charge in [0.05, 0.1) is 0 Å². The number of amides is 2. The molecule has 0 unspecified atom stereocenters. The normalized spacial score (nSPS) is 15.1. The molecule has 1 fully saturated rings. The maximum absolute atomic E-state index is 12.2. The largest absolute Gasteiger partial charge is 0.459 e. The van der Waals surface area contributed by atoms with Crippen molar-refractivity contribution in [1.82, 2.24) is 0 Å². The molecule has 1 aromatic rings. The minimum Gasteiger partial charge on any atom is -0.459 e. The van der Waals surface area contributed by atoms with Crippen LogP contribution in [0.15, 0.2) is 30.9 Å². The number of hydrogen-bond donors (Lipinski definition) is 2. The first-order valence-electron chi connectivity index (χ1n) is 10.6. The molecular weight excluding hydrogens is 561 g/mol. The van der Waals surface area contributed by atoms with E-state index in [0.717, 1.165) is 23.4 Å². The number of hydrogen-bond acceptors (Lipinski definition) is 11. The SMILES string of the molecule is C=CC(=O)OCCOC(=O)Nc1ccc(C)c(NC(=O)OCCSCC[Si]2(C)O[Si]O[Si]O[Si]O2)c1. The van der Waals surface area contributed by atoms with Gasteiger partial charge in [0.15, 0.2) is 0 Å². The highest BCUT2D eigenvalue weighted by atomic mass is 32.2. The van der Waals surface area contributed by atoms with E-state index in [1.165, 1.54) is 0 Å². The molecule has 0 saturated carbocycles. The molecule has 0 aliphatic carbocycles. The number of nitrogens with one attached hydrogen (secondary N) is 2. The zero-order valence-electron chi connectivity index (χ0n) is 19.7. The summed E-state index contributed by atoms with van der Waals surface area (Å²) in [6.45, 7) is 7.08. The predicted molar refractivity (Wildman–Crippen MR) is 138 cm³/mol. The number of anilines is 2. The quantitative estimate of drug-likeness (QED) is 0.123. The number of ether oxygens (including phenoxy) is 3. The highest BCUT2D eigenvalue weighted by Gasteiger charge is 2.33. The summed E-state index contributed by atoms with van der Waals surface area (Å²) in [7, 11) is -2.52. The zero-order chi connectivity index (χ0) is 26.2. The van der Waals surface area contributed by atoms with E-state index in [-0.39, 0.29) is 49.8 Å². The Balaban J connectivity index is 1.66. The van der Waals surface area contributed by atoms with E-state index in [0.29, 0.717) is 17.1 Å². The van der Waals surface area contributed by atoms with Crippen LogP contribution >= 0.6 is 11.8 Å². The van der Waals surface area contributed by atoms with E-state index in [4.69, 9.17) is 30.7 Å². The summed E-state index contributed by atoms with van der Waals surface area (Å²) in [4.78, 5) is 35.0. The molecule has 1 saturated heterocycles. The topological polar surface area (TPSA) is 140 Å². The van der Waals surface area contributed by atoms with Gasteiger partial charge in [-0.1, -0.05) is 12.6 Å². The molecule has 0 bridgehead atoms. The van der Waals surface area contributed by atoms with Gasteiger partial charge in [-0.3, -0.25) is 10.6 Å². The Morgan fingerprint density at radius 2 is 1.67 bits per heavy atom. The maximum atomic E-state index is 12.2. The van der Waals surface area contributed by atoms with Crippen LogP contribution in [-0.2, 0) is 35.5 Å². The number of aryl methyl sites for hydroxylation is 1. The number of esters is 1.